The third-order valence-corrected chi connectivity index (χ3v) is 4.53. The number of aromatic nitrogens is 3. The smallest absolute Gasteiger partial charge is 0.137 e. The van der Waals surface area contributed by atoms with E-state index in [1.807, 2.05) is 36.1 Å². The zero-order chi connectivity index (χ0) is 15.5. The summed E-state index contributed by atoms with van der Waals surface area (Å²) in [4.78, 5) is 10.8. The predicted molar refractivity (Wildman–Crippen MR) is 85.4 cm³/mol. The van der Waals surface area contributed by atoms with Crippen molar-refractivity contribution < 1.29 is 5.11 Å². The number of hydrogen-bond donors (Lipinski definition) is 1. The molecule has 2 aromatic rings. The molecule has 22 heavy (non-hydrogen) atoms. The van der Waals surface area contributed by atoms with Gasteiger partial charge in [0.05, 0.1) is 0 Å². The van der Waals surface area contributed by atoms with Gasteiger partial charge in [-0.15, -0.1) is 0 Å². The van der Waals surface area contributed by atoms with Crippen LogP contribution in [0.3, 0.4) is 0 Å². The van der Waals surface area contributed by atoms with E-state index in [1.165, 1.54) is 0 Å². The molecular formula is C16H21ClN4O. The molecule has 1 aliphatic rings. The molecule has 6 heteroatoms. The van der Waals surface area contributed by atoms with Crippen molar-refractivity contribution in [1.29, 1.82) is 0 Å². The number of halogens is 1. The van der Waals surface area contributed by atoms with Crippen LogP contribution in [-0.4, -0.2) is 37.6 Å². The number of aliphatic hydroxyl groups is 1. The van der Waals surface area contributed by atoms with Gasteiger partial charge in [0.2, 0.25) is 0 Å². The number of nitrogens with zero attached hydrogens (tertiary/aromatic N) is 4. The van der Waals surface area contributed by atoms with E-state index < -0.39 is 6.10 Å². The summed E-state index contributed by atoms with van der Waals surface area (Å²) in [5.41, 5.74) is 1.15. The zero-order valence-corrected chi connectivity index (χ0v) is 13.4. The van der Waals surface area contributed by atoms with Crippen molar-refractivity contribution >= 4 is 11.6 Å². The normalized spacial score (nSPS) is 21.0. The second-order valence-electron chi connectivity index (χ2n) is 5.97. The van der Waals surface area contributed by atoms with Gasteiger partial charge in [0.25, 0.3) is 0 Å². The Bertz CT molecular complexity index is 613. The van der Waals surface area contributed by atoms with Crippen molar-refractivity contribution in [2.24, 2.45) is 13.0 Å². The summed E-state index contributed by atoms with van der Waals surface area (Å²) in [6, 6.07) is 3.83. The molecule has 2 aromatic heterocycles. The van der Waals surface area contributed by atoms with Crippen LogP contribution in [0.1, 0.15) is 30.3 Å². The van der Waals surface area contributed by atoms with Crippen molar-refractivity contribution in [1.82, 2.24) is 19.4 Å². The Morgan fingerprint density at radius 3 is 2.95 bits per heavy atom. The van der Waals surface area contributed by atoms with Gasteiger partial charge in [0, 0.05) is 44.6 Å². The van der Waals surface area contributed by atoms with E-state index in [0.29, 0.717) is 5.15 Å². The lowest BCUT2D eigenvalue weighted by Crippen LogP contribution is -2.37. The topological polar surface area (TPSA) is 54.2 Å². The highest BCUT2D eigenvalue weighted by atomic mass is 35.5. The Balaban J connectivity index is 1.64. The minimum absolute atomic E-state index is 0.218. The van der Waals surface area contributed by atoms with Crippen LogP contribution < -0.4 is 0 Å². The van der Waals surface area contributed by atoms with E-state index >= 15 is 0 Å². The maximum Gasteiger partial charge on any atom is 0.137 e. The fourth-order valence-electron chi connectivity index (χ4n) is 3.12. The molecule has 0 aliphatic carbocycles. The SMILES string of the molecule is Cn1ccnc1C(O)C1CCCN(Cc2ccc(Cl)nc2)C1. The van der Waals surface area contributed by atoms with Gasteiger partial charge < -0.3 is 9.67 Å². The van der Waals surface area contributed by atoms with E-state index in [-0.39, 0.29) is 5.92 Å². The van der Waals surface area contributed by atoms with Crippen molar-refractivity contribution in [2.45, 2.75) is 25.5 Å². The molecule has 2 atom stereocenters. The highest BCUT2D eigenvalue weighted by Gasteiger charge is 2.29. The minimum Gasteiger partial charge on any atom is -0.385 e. The van der Waals surface area contributed by atoms with Crippen LogP contribution in [0.15, 0.2) is 30.7 Å². The lowest BCUT2D eigenvalue weighted by atomic mass is 9.91. The van der Waals surface area contributed by atoms with Crippen LogP contribution >= 0.6 is 11.6 Å². The van der Waals surface area contributed by atoms with Gasteiger partial charge in [0.15, 0.2) is 0 Å². The zero-order valence-electron chi connectivity index (χ0n) is 12.7. The number of likely N-dealkylation sites (tertiary alicyclic amines) is 1. The molecule has 118 valence electrons. The second-order valence-corrected chi connectivity index (χ2v) is 6.36. The van der Waals surface area contributed by atoms with Gasteiger partial charge in [-0.25, -0.2) is 9.97 Å². The molecule has 0 saturated carbocycles. The third-order valence-electron chi connectivity index (χ3n) is 4.31. The molecule has 1 saturated heterocycles. The van der Waals surface area contributed by atoms with Crippen LogP contribution in [0.25, 0.3) is 0 Å². The molecule has 2 unspecified atom stereocenters. The van der Waals surface area contributed by atoms with Crippen LogP contribution in [0.4, 0.5) is 0 Å². The summed E-state index contributed by atoms with van der Waals surface area (Å²) in [5, 5.41) is 11.1. The fourth-order valence-corrected chi connectivity index (χ4v) is 3.24. The molecule has 1 fully saturated rings. The molecule has 3 heterocycles. The number of aryl methyl sites for hydroxylation is 1. The Morgan fingerprint density at radius 2 is 2.27 bits per heavy atom. The minimum atomic E-state index is -0.508. The summed E-state index contributed by atoms with van der Waals surface area (Å²) in [6.45, 7) is 2.76. The first-order valence-electron chi connectivity index (χ1n) is 7.61. The van der Waals surface area contributed by atoms with Gasteiger partial charge in [-0.1, -0.05) is 17.7 Å². The number of pyridine rings is 1. The van der Waals surface area contributed by atoms with Crippen LogP contribution in [0.2, 0.25) is 5.15 Å². The van der Waals surface area contributed by atoms with Crippen LogP contribution in [0.5, 0.6) is 0 Å². The maximum absolute atomic E-state index is 10.6. The Labute approximate surface area is 135 Å². The van der Waals surface area contributed by atoms with E-state index in [2.05, 4.69) is 14.9 Å². The lowest BCUT2D eigenvalue weighted by molar-refractivity contribution is 0.0404. The summed E-state index contributed by atoms with van der Waals surface area (Å²) in [7, 11) is 1.92. The number of imidazole rings is 1. The van der Waals surface area contributed by atoms with E-state index in [1.54, 1.807) is 6.20 Å². The van der Waals surface area contributed by atoms with Gasteiger partial charge in [-0.3, -0.25) is 4.90 Å². The Hall–Kier alpha value is -1.43. The average molecular weight is 321 g/mol. The molecule has 0 radical (unpaired) electrons. The monoisotopic (exact) mass is 320 g/mol. The molecule has 0 spiro atoms. The molecule has 1 N–H and O–H groups in total. The Kier molecular flexibility index (Phi) is 4.76. The fraction of sp³-hybridized carbons (Fsp3) is 0.500. The first-order valence-corrected chi connectivity index (χ1v) is 7.99. The van der Waals surface area contributed by atoms with Crippen molar-refractivity contribution in [3.63, 3.8) is 0 Å². The molecular weight excluding hydrogens is 300 g/mol. The van der Waals surface area contributed by atoms with Crippen LogP contribution in [0, 0.1) is 5.92 Å². The van der Waals surface area contributed by atoms with E-state index in [4.69, 9.17) is 11.6 Å². The van der Waals surface area contributed by atoms with Gasteiger partial charge in [-0.2, -0.15) is 0 Å². The molecule has 0 aromatic carbocycles. The summed E-state index contributed by atoms with van der Waals surface area (Å²) >= 11 is 5.82. The maximum atomic E-state index is 10.6. The quantitative estimate of drug-likeness (QED) is 0.879. The number of hydrogen-bond acceptors (Lipinski definition) is 4. The average Bonchev–Trinajstić information content (AvgIpc) is 2.95. The van der Waals surface area contributed by atoms with Gasteiger partial charge >= 0.3 is 0 Å². The summed E-state index contributed by atoms with van der Waals surface area (Å²) in [6.07, 6.45) is 7.04. The molecule has 0 bridgehead atoms. The molecule has 5 nitrogen and oxygen atoms in total. The number of piperidine rings is 1. The lowest BCUT2D eigenvalue weighted by Gasteiger charge is -2.34. The first-order chi connectivity index (χ1) is 10.6. The molecule has 3 rings (SSSR count). The highest BCUT2D eigenvalue weighted by Crippen LogP contribution is 2.29. The molecule has 0 amide bonds. The standard InChI is InChI=1S/C16H21ClN4O/c1-20-8-6-18-16(20)15(22)13-3-2-7-21(11-13)10-12-4-5-14(17)19-9-12/h4-6,8-9,13,15,22H,2-3,7,10-11H2,1H3. The van der Waals surface area contributed by atoms with Crippen LogP contribution in [-0.2, 0) is 13.6 Å². The molecule has 1 aliphatic heterocycles. The predicted octanol–water partition coefficient (Wildman–Crippen LogP) is 2.41. The number of rotatable bonds is 4. The Morgan fingerprint density at radius 1 is 1.41 bits per heavy atom. The largest absolute Gasteiger partial charge is 0.385 e. The third kappa shape index (κ3) is 3.48. The summed E-state index contributed by atoms with van der Waals surface area (Å²) in [5.74, 6) is 0.968. The second kappa shape index (κ2) is 6.77. The summed E-state index contributed by atoms with van der Waals surface area (Å²) < 4.78 is 1.90. The van der Waals surface area contributed by atoms with E-state index in [0.717, 1.165) is 43.9 Å². The number of aliphatic hydroxyl groups excluding tert-OH is 1. The first kappa shape index (κ1) is 15.5. The van der Waals surface area contributed by atoms with Crippen molar-refractivity contribution in [2.75, 3.05) is 13.1 Å². The van der Waals surface area contributed by atoms with Gasteiger partial charge in [0.1, 0.15) is 17.1 Å². The van der Waals surface area contributed by atoms with Crippen molar-refractivity contribution in [3.05, 3.63) is 47.3 Å². The van der Waals surface area contributed by atoms with Gasteiger partial charge in [-0.05, 0) is 31.0 Å². The van der Waals surface area contributed by atoms with Crippen molar-refractivity contribution in [3.8, 4) is 0 Å². The van der Waals surface area contributed by atoms with E-state index in [9.17, 15) is 5.11 Å². The highest BCUT2D eigenvalue weighted by molar-refractivity contribution is 6.29.